The van der Waals surface area contributed by atoms with E-state index in [9.17, 15) is 4.79 Å². The first-order chi connectivity index (χ1) is 11.2. The van der Waals surface area contributed by atoms with Crippen molar-refractivity contribution >= 4 is 33.3 Å². The number of nitrogens with one attached hydrogen (secondary N) is 2. The van der Waals surface area contributed by atoms with Crippen molar-refractivity contribution in [2.24, 2.45) is 0 Å². The fraction of sp³-hybridized carbons (Fsp3) is 0.333. The number of nitrogens with zero attached hydrogens (tertiary/aromatic N) is 1. The molecule has 2 rings (SSSR count). The van der Waals surface area contributed by atoms with Crippen molar-refractivity contribution < 1.29 is 4.79 Å². The Morgan fingerprint density at radius 3 is 2.57 bits per heavy atom. The normalized spacial score (nSPS) is 10.3. The maximum absolute atomic E-state index is 12.0. The predicted molar refractivity (Wildman–Crippen MR) is 98.7 cm³/mol. The van der Waals surface area contributed by atoms with Gasteiger partial charge in [-0.2, -0.15) is 0 Å². The molecule has 0 saturated carbocycles. The van der Waals surface area contributed by atoms with Crippen LogP contribution in [0.4, 0.5) is 11.5 Å². The number of amides is 1. The summed E-state index contributed by atoms with van der Waals surface area (Å²) in [6.07, 6.45) is 5.68. The molecule has 1 aromatic heterocycles. The zero-order valence-electron chi connectivity index (χ0n) is 13.3. The van der Waals surface area contributed by atoms with Crippen molar-refractivity contribution in [2.45, 2.75) is 32.6 Å². The molecule has 0 aliphatic heterocycles. The minimum Gasteiger partial charge on any atom is -0.384 e. The molecule has 0 aliphatic rings. The van der Waals surface area contributed by atoms with Crippen LogP contribution in [-0.2, 0) is 11.2 Å². The maximum atomic E-state index is 12.0. The van der Waals surface area contributed by atoms with E-state index in [0.29, 0.717) is 12.2 Å². The van der Waals surface area contributed by atoms with Crippen LogP contribution in [0.3, 0.4) is 0 Å². The molecule has 0 spiro atoms. The summed E-state index contributed by atoms with van der Waals surface area (Å²) in [6.45, 7) is 3.14. The van der Waals surface area contributed by atoms with E-state index in [2.05, 4.69) is 38.5 Å². The van der Waals surface area contributed by atoms with E-state index < -0.39 is 0 Å². The zero-order chi connectivity index (χ0) is 16.5. The third-order valence-corrected chi connectivity index (χ3v) is 3.95. The van der Waals surface area contributed by atoms with Gasteiger partial charge >= 0.3 is 0 Å². The lowest BCUT2D eigenvalue weighted by Crippen LogP contribution is -2.15. The average Bonchev–Trinajstić information content (AvgIpc) is 2.55. The van der Waals surface area contributed by atoms with Gasteiger partial charge in [0, 0.05) is 11.0 Å². The second-order valence-electron chi connectivity index (χ2n) is 5.42. The van der Waals surface area contributed by atoms with Gasteiger partial charge < -0.3 is 10.6 Å². The molecule has 23 heavy (non-hydrogen) atoms. The quantitative estimate of drug-likeness (QED) is 0.661. The van der Waals surface area contributed by atoms with Crippen LogP contribution in [0.25, 0.3) is 0 Å². The third-order valence-electron chi connectivity index (χ3n) is 3.42. The van der Waals surface area contributed by atoms with Gasteiger partial charge in [-0.15, -0.1) is 0 Å². The first-order valence-electron chi connectivity index (χ1n) is 7.91. The van der Waals surface area contributed by atoms with Crippen molar-refractivity contribution in [1.82, 2.24) is 4.98 Å². The zero-order valence-corrected chi connectivity index (χ0v) is 14.9. The molecule has 0 bridgehead atoms. The summed E-state index contributed by atoms with van der Waals surface area (Å²) in [6, 6.07) is 11.5. The number of hydrogen-bond donors (Lipinski definition) is 2. The second-order valence-corrected chi connectivity index (χ2v) is 6.33. The lowest BCUT2D eigenvalue weighted by molar-refractivity contribution is -0.115. The SMILES string of the molecule is CCCCCNc1ccc(NC(=O)Cc2ccc(Br)cc2)nc1. The second kappa shape index (κ2) is 9.30. The average molecular weight is 376 g/mol. The molecule has 1 amide bonds. The molecule has 0 radical (unpaired) electrons. The number of aromatic nitrogens is 1. The summed E-state index contributed by atoms with van der Waals surface area (Å²) in [5.41, 5.74) is 1.95. The van der Waals surface area contributed by atoms with Crippen molar-refractivity contribution in [3.8, 4) is 0 Å². The van der Waals surface area contributed by atoms with Crippen LogP contribution in [-0.4, -0.2) is 17.4 Å². The molecule has 0 fully saturated rings. The van der Waals surface area contributed by atoms with Gasteiger partial charge in [-0.05, 0) is 36.2 Å². The molecule has 1 heterocycles. The van der Waals surface area contributed by atoms with E-state index in [1.165, 1.54) is 12.8 Å². The largest absolute Gasteiger partial charge is 0.384 e. The van der Waals surface area contributed by atoms with Crippen molar-refractivity contribution in [2.75, 3.05) is 17.2 Å². The molecule has 5 heteroatoms. The van der Waals surface area contributed by atoms with Gasteiger partial charge in [0.2, 0.25) is 5.91 Å². The lowest BCUT2D eigenvalue weighted by atomic mass is 10.1. The number of rotatable bonds is 8. The summed E-state index contributed by atoms with van der Waals surface area (Å²) in [7, 11) is 0. The fourth-order valence-electron chi connectivity index (χ4n) is 2.15. The Hall–Kier alpha value is -1.88. The molecule has 0 aliphatic carbocycles. The van der Waals surface area contributed by atoms with Crippen LogP contribution in [0.5, 0.6) is 0 Å². The highest BCUT2D eigenvalue weighted by Gasteiger charge is 2.05. The number of carbonyl (C=O) groups is 1. The summed E-state index contributed by atoms with van der Waals surface area (Å²) in [5, 5.41) is 6.14. The molecule has 0 saturated heterocycles. The maximum Gasteiger partial charge on any atom is 0.229 e. The van der Waals surface area contributed by atoms with E-state index in [-0.39, 0.29) is 5.91 Å². The van der Waals surface area contributed by atoms with E-state index in [0.717, 1.165) is 28.7 Å². The fourth-order valence-corrected chi connectivity index (χ4v) is 2.42. The van der Waals surface area contributed by atoms with Crippen molar-refractivity contribution in [3.05, 3.63) is 52.6 Å². The molecule has 0 unspecified atom stereocenters. The number of pyridine rings is 1. The minimum absolute atomic E-state index is 0.0662. The highest BCUT2D eigenvalue weighted by atomic mass is 79.9. The van der Waals surface area contributed by atoms with E-state index in [1.54, 1.807) is 6.20 Å². The van der Waals surface area contributed by atoms with Gasteiger partial charge in [0.05, 0.1) is 18.3 Å². The minimum atomic E-state index is -0.0662. The number of anilines is 2. The first-order valence-corrected chi connectivity index (χ1v) is 8.71. The number of hydrogen-bond acceptors (Lipinski definition) is 3. The Labute approximate surface area is 145 Å². The standard InChI is InChI=1S/C18H22BrN3O/c1-2-3-4-11-20-16-9-10-17(21-13-16)22-18(23)12-14-5-7-15(19)8-6-14/h5-10,13,20H,2-4,11-12H2,1H3,(H,21,22,23). The van der Waals surface area contributed by atoms with Gasteiger partial charge in [-0.3, -0.25) is 4.79 Å². The Morgan fingerprint density at radius 1 is 1.13 bits per heavy atom. The molecule has 1 aromatic carbocycles. The molecular formula is C18H22BrN3O. The summed E-state index contributed by atoms with van der Waals surface area (Å²) in [4.78, 5) is 16.3. The van der Waals surface area contributed by atoms with Gasteiger partial charge in [0.15, 0.2) is 0 Å². The molecule has 0 atom stereocenters. The van der Waals surface area contributed by atoms with Gasteiger partial charge in [0.1, 0.15) is 5.82 Å². The highest BCUT2D eigenvalue weighted by molar-refractivity contribution is 9.10. The van der Waals surface area contributed by atoms with Crippen molar-refractivity contribution in [1.29, 1.82) is 0 Å². The Balaban J connectivity index is 1.80. The predicted octanol–water partition coefficient (Wildman–Crippen LogP) is 4.63. The number of halogens is 1. The van der Waals surface area contributed by atoms with Crippen LogP contribution in [0.2, 0.25) is 0 Å². The topological polar surface area (TPSA) is 54.0 Å². The monoisotopic (exact) mass is 375 g/mol. The number of carbonyl (C=O) groups excluding carboxylic acids is 1. The molecule has 2 N–H and O–H groups in total. The molecular weight excluding hydrogens is 354 g/mol. The number of benzene rings is 1. The van der Waals surface area contributed by atoms with Gasteiger partial charge in [-0.1, -0.05) is 47.8 Å². The van der Waals surface area contributed by atoms with Crippen LogP contribution in [0.15, 0.2) is 47.1 Å². The van der Waals surface area contributed by atoms with Crippen LogP contribution >= 0.6 is 15.9 Å². The van der Waals surface area contributed by atoms with E-state index in [4.69, 9.17) is 0 Å². The van der Waals surface area contributed by atoms with Gasteiger partial charge in [-0.25, -0.2) is 4.98 Å². The smallest absolute Gasteiger partial charge is 0.229 e. The first kappa shape index (κ1) is 17.5. The Morgan fingerprint density at radius 2 is 1.91 bits per heavy atom. The summed E-state index contributed by atoms with van der Waals surface area (Å²) in [5.74, 6) is 0.509. The highest BCUT2D eigenvalue weighted by Crippen LogP contribution is 2.13. The van der Waals surface area contributed by atoms with Crippen LogP contribution < -0.4 is 10.6 Å². The van der Waals surface area contributed by atoms with Gasteiger partial charge in [0.25, 0.3) is 0 Å². The van der Waals surface area contributed by atoms with Crippen molar-refractivity contribution in [3.63, 3.8) is 0 Å². The number of unbranched alkanes of at least 4 members (excludes halogenated alkanes) is 2. The summed E-state index contributed by atoms with van der Waals surface area (Å²) >= 11 is 3.38. The lowest BCUT2D eigenvalue weighted by Gasteiger charge is -2.08. The van der Waals surface area contributed by atoms with Crippen LogP contribution in [0, 0.1) is 0 Å². The third kappa shape index (κ3) is 6.40. The Bertz CT molecular complexity index is 611. The summed E-state index contributed by atoms with van der Waals surface area (Å²) < 4.78 is 1.00. The molecule has 2 aromatic rings. The molecule has 122 valence electrons. The molecule has 4 nitrogen and oxygen atoms in total. The van der Waals surface area contributed by atoms with E-state index >= 15 is 0 Å². The van der Waals surface area contributed by atoms with Crippen LogP contribution in [0.1, 0.15) is 31.7 Å². The van der Waals surface area contributed by atoms with E-state index in [1.807, 2.05) is 36.4 Å². The Kier molecular flexibility index (Phi) is 7.07.